The zero-order valence-electron chi connectivity index (χ0n) is 15.9. The minimum atomic E-state index is -0.818. The molecule has 140 valence electrons. The van der Waals surface area contributed by atoms with Gasteiger partial charge in [0, 0.05) is 6.42 Å². The number of carbonyl (C=O) groups excluding carboxylic acids is 2. The highest BCUT2D eigenvalue weighted by Gasteiger charge is 2.39. The minimum absolute atomic E-state index is 0.122. The lowest BCUT2D eigenvalue weighted by atomic mass is 9.93. The number of rotatable bonds is 7. The number of ether oxygens (including phenoxy) is 1. The molecule has 0 aliphatic carbocycles. The quantitative estimate of drug-likeness (QED) is 0.702. The maximum Gasteiger partial charge on any atom is 0.263 e. The molecule has 1 aliphatic rings. The molecule has 5 nitrogen and oxygen atoms in total. The van der Waals surface area contributed by atoms with E-state index in [9.17, 15) is 9.59 Å². The Morgan fingerprint density at radius 2 is 1.81 bits per heavy atom. The van der Waals surface area contributed by atoms with Crippen molar-refractivity contribution in [2.45, 2.75) is 33.6 Å². The van der Waals surface area contributed by atoms with Gasteiger partial charge in [0.15, 0.2) is 5.78 Å². The van der Waals surface area contributed by atoms with Gasteiger partial charge in [0.2, 0.25) is 0 Å². The van der Waals surface area contributed by atoms with Crippen molar-refractivity contribution in [1.29, 1.82) is 0 Å². The fourth-order valence-corrected chi connectivity index (χ4v) is 3.23. The third-order valence-corrected chi connectivity index (χ3v) is 4.62. The van der Waals surface area contributed by atoms with Gasteiger partial charge in [-0.2, -0.15) is 10.1 Å². The van der Waals surface area contributed by atoms with Crippen LogP contribution in [0.15, 0.2) is 53.6 Å². The van der Waals surface area contributed by atoms with Gasteiger partial charge in [-0.25, -0.2) is 0 Å². The van der Waals surface area contributed by atoms with Crippen LogP contribution < -0.4 is 9.75 Å². The van der Waals surface area contributed by atoms with Crippen LogP contribution in [0.1, 0.15) is 31.9 Å². The van der Waals surface area contributed by atoms with Gasteiger partial charge < -0.3 is 4.74 Å². The molecule has 0 saturated carbocycles. The van der Waals surface area contributed by atoms with Gasteiger partial charge in [0.1, 0.15) is 11.7 Å². The zero-order valence-corrected chi connectivity index (χ0v) is 15.9. The summed E-state index contributed by atoms with van der Waals surface area (Å²) in [5.74, 6) is -0.505. The zero-order chi connectivity index (χ0) is 19.4. The molecule has 1 atom stereocenters. The number of ketones is 1. The Kier molecular flexibility index (Phi) is 5.69. The summed E-state index contributed by atoms with van der Waals surface area (Å²) < 4.78 is 5.42. The molecule has 3 rings (SSSR count). The van der Waals surface area contributed by atoms with E-state index in [0.29, 0.717) is 18.0 Å². The number of hydrogen-bond donors (Lipinski definition) is 0. The average Bonchev–Trinajstić information content (AvgIpc) is 2.97. The summed E-state index contributed by atoms with van der Waals surface area (Å²) in [4.78, 5) is 25.6. The molecular formula is C22H24N2O3. The highest BCUT2D eigenvalue weighted by atomic mass is 16.5. The minimum Gasteiger partial charge on any atom is -0.494 e. The highest BCUT2D eigenvalue weighted by Crippen LogP contribution is 2.27. The summed E-state index contributed by atoms with van der Waals surface area (Å²) in [6.45, 7) is 6.30. The number of carbonyl (C=O) groups is 2. The number of anilines is 1. The third kappa shape index (κ3) is 4.08. The van der Waals surface area contributed by atoms with E-state index in [-0.39, 0.29) is 18.1 Å². The highest BCUT2D eigenvalue weighted by molar-refractivity contribution is 6.27. The molecule has 5 heteroatoms. The summed E-state index contributed by atoms with van der Waals surface area (Å²) in [5.41, 5.74) is 3.27. The van der Waals surface area contributed by atoms with Crippen LogP contribution in [0, 0.1) is 5.92 Å². The Morgan fingerprint density at radius 1 is 1.11 bits per heavy atom. The van der Waals surface area contributed by atoms with E-state index < -0.39 is 5.92 Å². The molecule has 0 saturated heterocycles. The number of hydrazone groups is 1. The van der Waals surface area contributed by atoms with Crippen molar-refractivity contribution >= 4 is 23.1 Å². The molecule has 0 fully saturated rings. The monoisotopic (exact) mass is 364 g/mol. The molecule has 0 spiro atoms. The second kappa shape index (κ2) is 8.16. The molecule has 1 amide bonds. The van der Waals surface area contributed by atoms with E-state index in [1.165, 1.54) is 10.6 Å². The lowest BCUT2D eigenvalue weighted by Gasteiger charge is -2.14. The third-order valence-electron chi connectivity index (χ3n) is 4.62. The van der Waals surface area contributed by atoms with Crippen molar-refractivity contribution in [3.05, 3.63) is 59.7 Å². The predicted octanol–water partition coefficient (Wildman–Crippen LogP) is 3.80. The van der Waals surface area contributed by atoms with Crippen LogP contribution in [0.3, 0.4) is 0 Å². The van der Waals surface area contributed by atoms with Crippen molar-refractivity contribution in [2.75, 3.05) is 11.6 Å². The van der Waals surface area contributed by atoms with Gasteiger partial charge in [-0.05, 0) is 55.7 Å². The van der Waals surface area contributed by atoms with Gasteiger partial charge in [-0.15, -0.1) is 0 Å². The van der Waals surface area contributed by atoms with Gasteiger partial charge >= 0.3 is 0 Å². The number of aryl methyl sites for hydroxylation is 1. The summed E-state index contributed by atoms with van der Waals surface area (Å²) >= 11 is 0. The Labute approximate surface area is 159 Å². The molecular weight excluding hydrogens is 340 g/mol. The Hall–Kier alpha value is -2.95. The molecule has 0 bridgehead atoms. The molecule has 1 aliphatic heterocycles. The number of hydrogen-bond acceptors (Lipinski definition) is 4. The lowest BCUT2D eigenvalue weighted by molar-refractivity contribution is -0.128. The van der Waals surface area contributed by atoms with Crippen LogP contribution >= 0.6 is 0 Å². The van der Waals surface area contributed by atoms with Crippen LogP contribution in [-0.2, 0) is 22.4 Å². The first-order chi connectivity index (χ1) is 13.0. The van der Waals surface area contributed by atoms with E-state index in [0.717, 1.165) is 17.7 Å². The van der Waals surface area contributed by atoms with Crippen LogP contribution in [-0.4, -0.2) is 24.0 Å². The van der Waals surface area contributed by atoms with E-state index >= 15 is 0 Å². The van der Waals surface area contributed by atoms with Gasteiger partial charge in [-0.1, -0.05) is 31.2 Å². The van der Waals surface area contributed by atoms with Gasteiger partial charge in [0.05, 0.1) is 18.0 Å². The smallest absolute Gasteiger partial charge is 0.263 e. The predicted molar refractivity (Wildman–Crippen MR) is 106 cm³/mol. The summed E-state index contributed by atoms with van der Waals surface area (Å²) in [5, 5.41) is 5.65. The van der Waals surface area contributed by atoms with E-state index in [2.05, 4.69) is 12.0 Å². The van der Waals surface area contributed by atoms with Crippen molar-refractivity contribution in [3.63, 3.8) is 0 Å². The fraction of sp³-hybridized carbons (Fsp3) is 0.318. The summed E-state index contributed by atoms with van der Waals surface area (Å²) in [6.07, 6.45) is 1.14. The van der Waals surface area contributed by atoms with E-state index in [1.807, 2.05) is 31.2 Å². The number of amides is 1. The molecule has 0 radical (unpaired) electrons. The Morgan fingerprint density at radius 3 is 2.48 bits per heavy atom. The van der Waals surface area contributed by atoms with Crippen molar-refractivity contribution in [3.8, 4) is 5.75 Å². The van der Waals surface area contributed by atoms with Crippen molar-refractivity contribution < 1.29 is 14.3 Å². The molecule has 1 unspecified atom stereocenters. The normalized spacial score (nSPS) is 16.4. The molecule has 1 heterocycles. The number of nitrogens with zero attached hydrogens (tertiary/aromatic N) is 2. The maximum absolute atomic E-state index is 12.8. The second-order valence-electron chi connectivity index (χ2n) is 6.57. The lowest BCUT2D eigenvalue weighted by Crippen LogP contribution is -2.33. The molecule has 2 aromatic carbocycles. The maximum atomic E-state index is 12.8. The molecule has 27 heavy (non-hydrogen) atoms. The average molecular weight is 364 g/mol. The molecule has 0 aromatic heterocycles. The fourth-order valence-electron chi connectivity index (χ4n) is 3.23. The van der Waals surface area contributed by atoms with Crippen molar-refractivity contribution in [2.24, 2.45) is 11.0 Å². The molecule has 2 aromatic rings. The second-order valence-corrected chi connectivity index (χ2v) is 6.57. The van der Waals surface area contributed by atoms with Gasteiger partial charge in [-0.3, -0.25) is 9.59 Å². The summed E-state index contributed by atoms with van der Waals surface area (Å²) in [6, 6.07) is 15.1. The van der Waals surface area contributed by atoms with Gasteiger partial charge in [0.25, 0.3) is 5.91 Å². The standard InChI is InChI=1S/C22H24N2O3/c1-4-16-7-6-8-17(13-16)14-20(25)21-15(3)23-24(22(21)26)18-9-11-19(12-10-18)27-5-2/h6-13,21H,4-5,14H2,1-3H3. The Balaban J connectivity index is 1.74. The van der Waals surface area contributed by atoms with Crippen molar-refractivity contribution in [1.82, 2.24) is 0 Å². The largest absolute Gasteiger partial charge is 0.494 e. The topological polar surface area (TPSA) is 59.0 Å². The first kappa shape index (κ1) is 18.8. The SMILES string of the molecule is CCOc1ccc(N2N=C(C)C(C(=O)Cc3cccc(CC)c3)C2=O)cc1. The first-order valence-electron chi connectivity index (χ1n) is 9.26. The van der Waals surface area contributed by atoms with Crippen LogP contribution in [0.5, 0.6) is 5.75 Å². The molecule has 0 N–H and O–H groups in total. The van der Waals surface area contributed by atoms with Crippen LogP contribution in [0.4, 0.5) is 5.69 Å². The van der Waals surface area contributed by atoms with E-state index in [1.54, 1.807) is 31.2 Å². The first-order valence-corrected chi connectivity index (χ1v) is 9.26. The van der Waals surface area contributed by atoms with Crippen LogP contribution in [0.25, 0.3) is 0 Å². The van der Waals surface area contributed by atoms with E-state index in [4.69, 9.17) is 4.74 Å². The Bertz CT molecular complexity index is 871. The van der Waals surface area contributed by atoms with Crippen LogP contribution in [0.2, 0.25) is 0 Å². The number of benzene rings is 2. The summed E-state index contributed by atoms with van der Waals surface area (Å²) in [7, 11) is 0. The number of Topliss-reactive ketones (excluding diaryl/α,β-unsaturated/α-hetero) is 1.